The van der Waals surface area contributed by atoms with Crippen LogP contribution >= 0.6 is 0 Å². The number of hydrogen-bond donors (Lipinski definition) is 1. The molecule has 1 N–H and O–H groups in total. The largest absolute Gasteiger partial charge is 1.00 e. The van der Waals surface area contributed by atoms with Gasteiger partial charge in [-0.1, -0.05) is 20.0 Å². The maximum atomic E-state index is 9.19. The second-order valence-electron chi connectivity index (χ2n) is 2.49. The first kappa shape index (κ1) is 11.8. The van der Waals surface area contributed by atoms with Crippen LogP contribution in [0.5, 0.6) is 5.75 Å². The fourth-order valence-electron chi connectivity index (χ4n) is 0.808. The van der Waals surface area contributed by atoms with Crippen LogP contribution < -0.4 is 58.2 Å². The van der Waals surface area contributed by atoms with Crippen LogP contribution in [0.1, 0.15) is 25.5 Å². The van der Waals surface area contributed by atoms with Gasteiger partial charge in [-0.05, 0) is 11.7 Å². The molecule has 3 heteroatoms. The Balaban J connectivity index is 0.000001000. The van der Waals surface area contributed by atoms with Crippen LogP contribution in [0.4, 0.5) is 0 Å². The Hall–Kier alpha value is 0.755. The van der Waals surface area contributed by atoms with E-state index in [-0.39, 0.29) is 69.9 Å². The van der Waals surface area contributed by atoms with E-state index in [4.69, 9.17) is 0 Å². The molecular weight excluding hydrogens is 212 g/mol. The SMILES string of the molecule is CC(C)c1nc[c-]cc1O.[Rb+]. The summed E-state index contributed by atoms with van der Waals surface area (Å²) in [6.07, 6.45) is 1.56. The minimum absolute atomic E-state index is 0. The van der Waals surface area contributed by atoms with E-state index in [9.17, 15) is 5.11 Å². The number of rotatable bonds is 1. The third-order valence-electron chi connectivity index (χ3n) is 1.31. The van der Waals surface area contributed by atoms with E-state index in [0.29, 0.717) is 0 Å². The minimum Gasteiger partial charge on any atom is -0.591 e. The molecule has 2 nitrogen and oxygen atoms in total. The number of aromatic nitrogens is 1. The maximum absolute atomic E-state index is 9.19. The smallest absolute Gasteiger partial charge is 0.591 e. The van der Waals surface area contributed by atoms with Gasteiger partial charge in [0.2, 0.25) is 0 Å². The summed E-state index contributed by atoms with van der Waals surface area (Å²) in [4.78, 5) is 3.97. The molecule has 1 rings (SSSR count). The van der Waals surface area contributed by atoms with Gasteiger partial charge in [-0.25, -0.2) is 6.07 Å². The van der Waals surface area contributed by atoms with Gasteiger partial charge in [0, 0.05) is 5.69 Å². The van der Waals surface area contributed by atoms with Crippen LogP contribution in [0.3, 0.4) is 0 Å². The van der Waals surface area contributed by atoms with Gasteiger partial charge in [-0.15, -0.1) is 0 Å². The molecule has 1 aromatic heterocycles. The van der Waals surface area contributed by atoms with Crippen molar-refractivity contribution in [3.63, 3.8) is 0 Å². The molecule has 0 amide bonds. The van der Waals surface area contributed by atoms with Crippen LogP contribution in [-0.2, 0) is 0 Å². The minimum atomic E-state index is 0. The van der Waals surface area contributed by atoms with Gasteiger partial charge in [0.25, 0.3) is 0 Å². The second kappa shape index (κ2) is 5.41. The van der Waals surface area contributed by atoms with Gasteiger partial charge >= 0.3 is 58.2 Å². The van der Waals surface area contributed by atoms with Crippen LogP contribution in [0.15, 0.2) is 12.3 Å². The Morgan fingerprint density at radius 3 is 2.55 bits per heavy atom. The van der Waals surface area contributed by atoms with E-state index < -0.39 is 0 Å². The molecule has 0 atom stereocenters. The Bertz CT molecular complexity index is 225. The molecule has 0 radical (unpaired) electrons. The van der Waals surface area contributed by atoms with Gasteiger partial charge < -0.3 is 5.11 Å². The standard InChI is InChI=1S/C8H10NO.Rb/c1-6(2)8-7(10)4-3-5-9-8;/h4-6,10H,1-2H3;/q-1;+1. The van der Waals surface area contributed by atoms with Gasteiger partial charge in [0.15, 0.2) is 0 Å². The quantitative estimate of drug-likeness (QED) is 0.599. The Kier molecular flexibility index (Phi) is 5.78. The summed E-state index contributed by atoms with van der Waals surface area (Å²) in [7, 11) is 0. The molecule has 0 bridgehead atoms. The number of hydrogen-bond acceptors (Lipinski definition) is 2. The van der Waals surface area contributed by atoms with Crippen molar-refractivity contribution in [2.45, 2.75) is 19.8 Å². The average Bonchev–Trinajstić information content (AvgIpc) is 1.88. The normalized spacial score (nSPS) is 9.36. The van der Waals surface area contributed by atoms with E-state index in [1.807, 2.05) is 13.8 Å². The molecule has 0 saturated carbocycles. The molecule has 0 aliphatic heterocycles. The molecule has 0 aromatic carbocycles. The average molecular weight is 222 g/mol. The topological polar surface area (TPSA) is 33.1 Å². The second-order valence-corrected chi connectivity index (χ2v) is 2.49. The monoisotopic (exact) mass is 221 g/mol. The predicted molar refractivity (Wildman–Crippen MR) is 38.8 cm³/mol. The zero-order valence-electron chi connectivity index (χ0n) is 7.13. The molecule has 1 aromatic rings. The van der Waals surface area contributed by atoms with Crippen molar-refractivity contribution in [3.8, 4) is 5.75 Å². The summed E-state index contributed by atoms with van der Waals surface area (Å²) >= 11 is 0. The summed E-state index contributed by atoms with van der Waals surface area (Å²) in [5.74, 6) is 0.507. The van der Waals surface area contributed by atoms with Crippen molar-refractivity contribution < 1.29 is 63.3 Å². The third kappa shape index (κ3) is 3.32. The molecular formula is C8H10NORb. The zero-order chi connectivity index (χ0) is 7.56. The van der Waals surface area contributed by atoms with Crippen LogP contribution in [0.2, 0.25) is 0 Å². The van der Waals surface area contributed by atoms with Crippen molar-refractivity contribution in [3.05, 3.63) is 24.0 Å². The summed E-state index contributed by atoms with van der Waals surface area (Å²) in [6.45, 7) is 3.98. The molecule has 0 aliphatic rings. The summed E-state index contributed by atoms with van der Waals surface area (Å²) in [6, 6.07) is 4.22. The van der Waals surface area contributed by atoms with Crippen molar-refractivity contribution >= 4 is 0 Å². The number of nitrogens with zero attached hydrogens (tertiary/aromatic N) is 1. The molecule has 54 valence electrons. The van der Waals surface area contributed by atoms with E-state index in [1.54, 1.807) is 6.20 Å². The van der Waals surface area contributed by atoms with Crippen molar-refractivity contribution in [2.75, 3.05) is 0 Å². The first-order valence-corrected chi connectivity index (χ1v) is 3.26. The fraction of sp³-hybridized carbons (Fsp3) is 0.375. The Morgan fingerprint density at radius 1 is 1.55 bits per heavy atom. The first-order valence-electron chi connectivity index (χ1n) is 3.26. The molecule has 0 unspecified atom stereocenters. The molecule has 0 aliphatic carbocycles. The fourth-order valence-corrected chi connectivity index (χ4v) is 0.808. The molecule has 0 saturated heterocycles. The summed E-state index contributed by atoms with van der Waals surface area (Å²) in [5.41, 5.74) is 0.735. The van der Waals surface area contributed by atoms with E-state index >= 15 is 0 Å². The van der Waals surface area contributed by atoms with Crippen molar-refractivity contribution in [1.29, 1.82) is 0 Å². The van der Waals surface area contributed by atoms with E-state index in [1.165, 1.54) is 6.07 Å². The van der Waals surface area contributed by atoms with Crippen LogP contribution in [-0.4, -0.2) is 10.1 Å². The van der Waals surface area contributed by atoms with Crippen molar-refractivity contribution in [1.82, 2.24) is 4.98 Å². The number of pyridine rings is 1. The van der Waals surface area contributed by atoms with Crippen molar-refractivity contribution in [2.24, 2.45) is 0 Å². The van der Waals surface area contributed by atoms with E-state index in [0.717, 1.165) is 5.69 Å². The predicted octanol–water partition coefficient (Wildman–Crippen LogP) is -1.29. The Morgan fingerprint density at radius 2 is 2.18 bits per heavy atom. The van der Waals surface area contributed by atoms with E-state index in [2.05, 4.69) is 11.1 Å². The van der Waals surface area contributed by atoms with Gasteiger partial charge in [-0.2, -0.15) is 6.07 Å². The first-order chi connectivity index (χ1) is 4.72. The molecule has 11 heavy (non-hydrogen) atoms. The van der Waals surface area contributed by atoms with Crippen LogP contribution in [0.25, 0.3) is 0 Å². The summed E-state index contributed by atoms with van der Waals surface area (Å²) in [5, 5.41) is 9.19. The Labute approximate surface area is 116 Å². The van der Waals surface area contributed by atoms with Crippen LogP contribution in [0, 0.1) is 6.07 Å². The van der Waals surface area contributed by atoms with Gasteiger partial charge in [-0.3, -0.25) is 4.98 Å². The number of aromatic hydroxyl groups is 1. The molecule has 1 heterocycles. The van der Waals surface area contributed by atoms with Gasteiger partial charge in [0.05, 0.1) is 0 Å². The van der Waals surface area contributed by atoms with Gasteiger partial charge in [0.1, 0.15) is 0 Å². The zero-order valence-corrected chi connectivity index (χ0v) is 12.0. The third-order valence-corrected chi connectivity index (χ3v) is 1.31. The molecule has 0 spiro atoms. The molecule has 0 fully saturated rings. The summed E-state index contributed by atoms with van der Waals surface area (Å²) < 4.78 is 0. The maximum Gasteiger partial charge on any atom is 1.00 e.